The van der Waals surface area contributed by atoms with Crippen LogP contribution >= 0.6 is 0 Å². The van der Waals surface area contributed by atoms with Crippen LogP contribution in [-0.2, 0) is 51.8 Å². The molecule has 404 valence electrons. The maximum Gasteiger partial charge on any atom is 0.297 e. The van der Waals surface area contributed by atoms with Crippen LogP contribution in [-0.4, -0.2) is 96.1 Å². The summed E-state index contributed by atoms with van der Waals surface area (Å²) in [5, 5.41) is 21.7. The lowest BCUT2D eigenvalue weighted by Gasteiger charge is -2.51. The summed E-state index contributed by atoms with van der Waals surface area (Å²) < 4.78 is 75.9. The van der Waals surface area contributed by atoms with Crippen LogP contribution in [0.1, 0.15) is 130 Å². The van der Waals surface area contributed by atoms with E-state index in [0.717, 1.165) is 48.8 Å². The largest absolute Gasteiger partial charge is 0.407 e. The molecule has 2 aromatic rings. The number of hydrogen-bond acceptors (Lipinski definition) is 13. The third-order valence-corrected chi connectivity index (χ3v) is 21.4. The first-order valence-electron chi connectivity index (χ1n) is 26.0. The molecule has 6 aliphatic carbocycles. The molecule has 0 spiro atoms. The van der Waals surface area contributed by atoms with Gasteiger partial charge in [-0.15, -0.1) is 0 Å². The van der Waals surface area contributed by atoms with Crippen molar-refractivity contribution < 1.29 is 58.7 Å². The minimum absolute atomic E-state index is 0.00350. The number of allylic oxidation sites excluding steroid dienone is 3. The second kappa shape index (κ2) is 21.0. The minimum atomic E-state index is -3.93. The van der Waals surface area contributed by atoms with Crippen molar-refractivity contribution >= 4 is 54.2 Å². The lowest BCUT2D eigenvalue weighted by Crippen LogP contribution is -2.57. The molecule has 13 nitrogen and oxygen atoms in total. The van der Waals surface area contributed by atoms with Gasteiger partial charge in [-0.25, -0.2) is 0 Å². The standard InChI is InChI=1S/C22H32O5SSi.C19H24O5S.C15H26O3Si/c1-16-9-11-18(12-10-16)28(24,25)26-20-13-15-22(27-29(4,5)6)19(17(2)23)8-7-14-21(20,22)3;1-13-6-8-15(9-7-13)25(22,23)24-17-10-12-19(21)16(14(2)20)5-4-11-18(17,19)3;1-11(16)12-7-6-9-14(2)13(17)8-10-15(12,14)18-19(3,4)5/h8-12,20H,7,13-15H2,1-6H3;5-9,17,21H,4,10-12H2,1-3H3;7,13,17H,6,8-10H2,1-5H3/t20?,21-,22+;17-,18+,19-;13?,14-,15+/m101/s1. The molecule has 17 heteroatoms. The second-order valence-corrected chi connectivity index (χ2v) is 36.2. The SMILES string of the molecule is CC(=O)C1=CCC[C@]2(C)C(O)CC[C@]12O[Si](C)(C)C.CC(=O)C1=CCC[C@]2(C)C(OS(=O)(=O)c3ccc(C)cc3)CC[C@]12O[Si](C)(C)C.CC(=O)C1=CCC[C@]2(C)[C@@H](OS(=O)(=O)c3ccc(C)cc3)CC[C@]12O. The van der Waals surface area contributed by atoms with Gasteiger partial charge in [0.25, 0.3) is 20.2 Å². The highest BCUT2D eigenvalue weighted by Crippen LogP contribution is 2.61. The maximum absolute atomic E-state index is 13.0. The second-order valence-electron chi connectivity index (χ2n) is 24.2. The number of hydrogen-bond donors (Lipinski definition) is 2. The van der Waals surface area contributed by atoms with Gasteiger partial charge in [-0.3, -0.25) is 22.7 Å². The van der Waals surface area contributed by atoms with Crippen LogP contribution in [0.4, 0.5) is 0 Å². The van der Waals surface area contributed by atoms with Gasteiger partial charge in [-0.05, 0) is 175 Å². The zero-order chi connectivity index (χ0) is 54.6. The number of aliphatic hydroxyl groups is 2. The zero-order valence-electron chi connectivity index (χ0n) is 45.8. The summed E-state index contributed by atoms with van der Waals surface area (Å²) in [5.41, 5.74) is -0.537. The summed E-state index contributed by atoms with van der Waals surface area (Å²) in [6.07, 6.45) is 12.0. The van der Waals surface area contributed by atoms with Gasteiger partial charge in [0.2, 0.25) is 0 Å². The molecule has 2 unspecified atom stereocenters. The van der Waals surface area contributed by atoms with E-state index in [1.165, 1.54) is 19.1 Å². The molecule has 0 bridgehead atoms. The first-order chi connectivity index (χ1) is 33.5. The molecule has 2 N–H and O–H groups in total. The van der Waals surface area contributed by atoms with E-state index in [1.807, 2.05) is 39.8 Å². The Bertz CT molecular complexity index is 2760. The van der Waals surface area contributed by atoms with E-state index in [4.69, 9.17) is 17.2 Å². The predicted octanol–water partition coefficient (Wildman–Crippen LogP) is 10.7. The van der Waals surface area contributed by atoms with E-state index in [-0.39, 0.29) is 38.7 Å². The van der Waals surface area contributed by atoms with Crippen LogP contribution in [0, 0.1) is 30.1 Å². The highest BCUT2D eigenvalue weighted by molar-refractivity contribution is 7.87. The van der Waals surface area contributed by atoms with E-state index in [2.05, 4.69) is 46.2 Å². The van der Waals surface area contributed by atoms with E-state index in [0.29, 0.717) is 56.1 Å². The maximum atomic E-state index is 13.0. The molecule has 0 radical (unpaired) electrons. The summed E-state index contributed by atoms with van der Waals surface area (Å²) in [7, 11) is -11.7. The average Bonchev–Trinajstić information content (AvgIpc) is 3.80. The Kier molecular flexibility index (Phi) is 16.9. The number of rotatable bonds is 13. The van der Waals surface area contributed by atoms with Gasteiger partial charge < -0.3 is 19.1 Å². The van der Waals surface area contributed by atoms with Crippen LogP contribution in [0.2, 0.25) is 39.3 Å². The Labute approximate surface area is 438 Å². The molecule has 0 aromatic heterocycles. The molecule has 3 fully saturated rings. The van der Waals surface area contributed by atoms with Gasteiger partial charge in [0, 0.05) is 33.0 Å². The lowest BCUT2D eigenvalue weighted by molar-refractivity contribution is -0.121. The van der Waals surface area contributed by atoms with Crippen LogP contribution in [0.5, 0.6) is 0 Å². The smallest absolute Gasteiger partial charge is 0.297 e. The van der Waals surface area contributed by atoms with Gasteiger partial charge in [0.1, 0.15) is 5.60 Å². The molecule has 9 atom stereocenters. The fraction of sp³-hybridized carbons (Fsp3) is 0.625. The summed E-state index contributed by atoms with van der Waals surface area (Å²) in [4.78, 5) is 36.8. The molecule has 0 aliphatic heterocycles. The van der Waals surface area contributed by atoms with Gasteiger partial charge in [0.15, 0.2) is 34.0 Å². The Morgan fingerprint density at radius 3 is 1.27 bits per heavy atom. The van der Waals surface area contributed by atoms with Crippen LogP contribution in [0.25, 0.3) is 0 Å². The average molecular weight is 1080 g/mol. The lowest BCUT2D eigenvalue weighted by atomic mass is 9.64. The first kappa shape index (κ1) is 59.0. The summed E-state index contributed by atoms with van der Waals surface area (Å²) in [5.74, 6) is -0.0787. The third-order valence-electron chi connectivity index (χ3n) is 16.8. The van der Waals surface area contributed by atoms with E-state index in [1.54, 1.807) is 56.3 Å². The minimum Gasteiger partial charge on any atom is -0.407 e. The molecule has 0 heterocycles. The Balaban J connectivity index is 0.000000182. The van der Waals surface area contributed by atoms with Crippen LogP contribution in [0.15, 0.2) is 93.3 Å². The van der Waals surface area contributed by atoms with Crippen molar-refractivity contribution in [3.8, 4) is 0 Å². The van der Waals surface area contributed by atoms with Gasteiger partial charge in [-0.1, -0.05) is 74.4 Å². The normalized spacial score (nSPS) is 33.0. The fourth-order valence-corrected chi connectivity index (χ4v) is 18.4. The number of carbonyl (C=O) groups excluding carboxylic acids is 3. The molecular formula is C56H82O13S2Si2. The molecular weight excluding hydrogens is 1000 g/mol. The summed E-state index contributed by atoms with van der Waals surface area (Å²) in [6.45, 7) is 27.1. The Morgan fingerprint density at radius 2 is 0.863 bits per heavy atom. The summed E-state index contributed by atoms with van der Waals surface area (Å²) in [6, 6.07) is 13.2. The van der Waals surface area contributed by atoms with Crippen molar-refractivity contribution in [1.82, 2.24) is 0 Å². The van der Waals surface area contributed by atoms with Crippen molar-refractivity contribution in [2.45, 2.75) is 217 Å². The number of benzene rings is 2. The van der Waals surface area contributed by atoms with Crippen LogP contribution in [0.3, 0.4) is 0 Å². The van der Waals surface area contributed by atoms with Crippen molar-refractivity contribution in [2.75, 3.05) is 0 Å². The quantitative estimate of drug-likeness (QED) is 0.142. The number of ketones is 3. The molecule has 0 saturated heterocycles. The molecule has 2 aromatic carbocycles. The fourth-order valence-electron chi connectivity index (χ4n) is 13.0. The van der Waals surface area contributed by atoms with E-state index in [9.17, 15) is 41.4 Å². The number of carbonyl (C=O) groups is 3. The number of aliphatic hydroxyl groups excluding tert-OH is 1. The highest BCUT2D eigenvalue weighted by atomic mass is 32.2. The zero-order valence-corrected chi connectivity index (χ0v) is 49.4. The predicted molar refractivity (Wildman–Crippen MR) is 288 cm³/mol. The molecule has 73 heavy (non-hydrogen) atoms. The number of aryl methyl sites for hydroxylation is 2. The Morgan fingerprint density at radius 1 is 0.521 bits per heavy atom. The number of fused-ring (bicyclic) bond motifs is 3. The molecule has 0 amide bonds. The van der Waals surface area contributed by atoms with Crippen LogP contribution < -0.4 is 0 Å². The van der Waals surface area contributed by atoms with Crippen molar-refractivity contribution in [2.24, 2.45) is 16.2 Å². The number of Topliss-reactive ketones (excluding diaryl/α,β-unsaturated/α-hetero) is 3. The first-order valence-corrected chi connectivity index (χ1v) is 35.6. The van der Waals surface area contributed by atoms with Gasteiger partial charge in [-0.2, -0.15) is 16.8 Å². The Hall–Kier alpha value is -3.24. The van der Waals surface area contributed by atoms with E-state index >= 15 is 0 Å². The van der Waals surface area contributed by atoms with Crippen molar-refractivity contribution in [3.05, 3.63) is 94.6 Å². The van der Waals surface area contributed by atoms with Gasteiger partial charge in [0.05, 0.1) is 39.3 Å². The van der Waals surface area contributed by atoms with Crippen molar-refractivity contribution in [3.63, 3.8) is 0 Å². The molecule has 8 rings (SSSR count). The highest BCUT2D eigenvalue weighted by Gasteiger charge is 2.65. The molecule has 3 saturated carbocycles. The van der Waals surface area contributed by atoms with Gasteiger partial charge >= 0.3 is 0 Å². The topological polar surface area (TPSA) is 197 Å². The molecule has 6 aliphatic rings. The summed E-state index contributed by atoms with van der Waals surface area (Å²) >= 11 is 0. The third kappa shape index (κ3) is 11.3. The van der Waals surface area contributed by atoms with Crippen molar-refractivity contribution in [1.29, 1.82) is 0 Å². The van der Waals surface area contributed by atoms with E-state index < -0.39 is 76.7 Å². The monoisotopic (exact) mass is 1080 g/mol.